The smallest absolute Gasteiger partial charge is 0.0582 e. The minimum absolute atomic E-state index is 0.432. The molecule has 9 heavy (non-hydrogen) atoms. The van der Waals surface area contributed by atoms with Gasteiger partial charge in [-0.15, -0.1) is 11.8 Å². The zero-order valence-electron chi connectivity index (χ0n) is 6.40. The number of rotatable bonds is 0. The van der Waals surface area contributed by atoms with Crippen LogP contribution in [-0.2, 0) is 0 Å². The molecule has 1 nitrogen and oxygen atoms in total. The number of hydrogen-bond donors (Lipinski definition) is 1. The van der Waals surface area contributed by atoms with Crippen molar-refractivity contribution in [2.75, 3.05) is 12.3 Å². The zero-order chi connectivity index (χ0) is 6.91. The van der Waals surface area contributed by atoms with Crippen LogP contribution in [0.4, 0.5) is 0 Å². The quantitative estimate of drug-likeness (QED) is 0.557. The summed E-state index contributed by atoms with van der Waals surface area (Å²) in [6.07, 6.45) is 0. The molecule has 0 aromatic carbocycles. The SMILES string of the molecule is CC(C)(C)[C@@H]1NCCS1. The van der Waals surface area contributed by atoms with Crippen LogP contribution in [0.1, 0.15) is 20.8 Å². The van der Waals surface area contributed by atoms with E-state index in [-0.39, 0.29) is 0 Å². The van der Waals surface area contributed by atoms with Crippen LogP contribution < -0.4 is 5.32 Å². The van der Waals surface area contributed by atoms with Gasteiger partial charge in [-0.05, 0) is 5.41 Å². The highest BCUT2D eigenvalue weighted by Crippen LogP contribution is 2.30. The summed E-state index contributed by atoms with van der Waals surface area (Å²) in [4.78, 5) is 0. The van der Waals surface area contributed by atoms with Gasteiger partial charge in [0.25, 0.3) is 0 Å². The van der Waals surface area contributed by atoms with Gasteiger partial charge in [0.05, 0.1) is 5.37 Å². The summed E-state index contributed by atoms with van der Waals surface area (Å²) in [6.45, 7) is 8.03. The topological polar surface area (TPSA) is 12.0 Å². The van der Waals surface area contributed by atoms with E-state index in [1.165, 1.54) is 12.3 Å². The van der Waals surface area contributed by atoms with E-state index in [4.69, 9.17) is 0 Å². The molecular weight excluding hydrogens is 130 g/mol. The van der Waals surface area contributed by atoms with E-state index in [0.717, 1.165) is 0 Å². The van der Waals surface area contributed by atoms with Gasteiger partial charge in [-0.2, -0.15) is 0 Å². The maximum atomic E-state index is 3.46. The lowest BCUT2D eigenvalue weighted by Gasteiger charge is -2.25. The molecule has 1 saturated heterocycles. The van der Waals surface area contributed by atoms with Crippen molar-refractivity contribution in [1.29, 1.82) is 0 Å². The Kier molecular flexibility index (Phi) is 2.07. The Morgan fingerprint density at radius 3 is 2.33 bits per heavy atom. The summed E-state index contributed by atoms with van der Waals surface area (Å²) in [6, 6.07) is 0. The minimum Gasteiger partial charge on any atom is -0.304 e. The third-order valence-electron chi connectivity index (χ3n) is 1.50. The largest absolute Gasteiger partial charge is 0.304 e. The van der Waals surface area contributed by atoms with E-state index in [9.17, 15) is 0 Å². The van der Waals surface area contributed by atoms with Crippen molar-refractivity contribution in [3.63, 3.8) is 0 Å². The molecule has 0 saturated carbocycles. The second-order valence-electron chi connectivity index (χ2n) is 3.57. The van der Waals surface area contributed by atoms with Gasteiger partial charge < -0.3 is 5.32 Å². The van der Waals surface area contributed by atoms with E-state index >= 15 is 0 Å². The minimum atomic E-state index is 0.432. The summed E-state index contributed by atoms with van der Waals surface area (Å²) in [5, 5.41) is 4.14. The number of thioether (sulfide) groups is 1. The summed E-state index contributed by atoms with van der Waals surface area (Å²) in [5.41, 5.74) is 0.432. The van der Waals surface area contributed by atoms with Crippen molar-refractivity contribution < 1.29 is 0 Å². The molecule has 1 N–H and O–H groups in total. The summed E-state index contributed by atoms with van der Waals surface area (Å²) in [7, 11) is 0. The molecule has 0 radical (unpaired) electrons. The lowest BCUT2D eigenvalue weighted by Crippen LogP contribution is -2.32. The number of hydrogen-bond acceptors (Lipinski definition) is 2. The van der Waals surface area contributed by atoms with Crippen molar-refractivity contribution in [2.24, 2.45) is 5.41 Å². The van der Waals surface area contributed by atoms with E-state index in [0.29, 0.717) is 10.8 Å². The molecule has 0 unspecified atom stereocenters. The Labute approximate surface area is 61.6 Å². The molecule has 1 fully saturated rings. The molecule has 0 spiro atoms. The van der Waals surface area contributed by atoms with Crippen LogP contribution in [0.2, 0.25) is 0 Å². The van der Waals surface area contributed by atoms with Crippen LogP contribution in [0.5, 0.6) is 0 Å². The monoisotopic (exact) mass is 145 g/mol. The first kappa shape index (κ1) is 7.42. The maximum absolute atomic E-state index is 3.46. The van der Waals surface area contributed by atoms with Crippen LogP contribution in [-0.4, -0.2) is 17.7 Å². The van der Waals surface area contributed by atoms with Gasteiger partial charge >= 0.3 is 0 Å². The van der Waals surface area contributed by atoms with Gasteiger partial charge in [0.15, 0.2) is 0 Å². The van der Waals surface area contributed by atoms with E-state index in [1.807, 2.05) is 11.8 Å². The average molecular weight is 145 g/mol. The summed E-state index contributed by atoms with van der Waals surface area (Å²) >= 11 is 2.04. The maximum Gasteiger partial charge on any atom is 0.0582 e. The Bertz CT molecular complexity index is 89.6. The second kappa shape index (κ2) is 2.51. The summed E-state index contributed by atoms with van der Waals surface area (Å²) < 4.78 is 0. The molecule has 2 heteroatoms. The van der Waals surface area contributed by atoms with Crippen LogP contribution in [0.15, 0.2) is 0 Å². The highest BCUT2D eigenvalue weighted by atomic mass is 32.2. The Morgan fingerprint density at radius 2 is 2.11 bits per heavy atom. The molecule has 1 atom stereocenters. The highest BCUT2D eigenvalue weighted by Gasteiger charge is 2.27. The molecule has 0 amide bonds. The van der Waals surface area contributed by atoms with Crippen molar-refractivity contribution in [2.45, 2.75) is 26.1 Å². The predicted octanol–water partition coefficient (Wildman–Crippen LogP) is 1.70. The third-order valence-corrected chi connectivity index (χ3v) is 3.15. The van der Waals surface area contributed by atoms with Gasteiger partial charge in [0.2, 0.25) is 0 Å². The fourth-order valence-corrected chi connectivity index (χ4v) is 2.19. The summed E-state index contributed by atoms with van der Waals surface area (Å²) in [5.74, 6) is 1.28. The standard InChI is InChI=1S/C7H15NS/c1-7(2,3)6-8-4-5-9-6/h6,8H,4-5H2,1-3H3/t6-/m1/s1. The first-order chi connectivity index (χ1) is 4.11. The molecular formula is C7H15NS. The Balaban J connectivity index is 2.42. The van der Waals surface area contributed by atoms with Crippen molar-refractivity contribution >= 4 is 11.8 Å². The van der Waals surface area contributed by atoms with Crippen LogP contribution in [0, 0.1) is 5.41 Å². The molecule has 0 bridgehead atoms. The predicted molar refractivity (Wildman–Crippen MR) is 43.7 cm³/mol. The highest BCUT2D eigenvalue weighted by molar-refractivity contribution is 8.00. The van der Waals surface area contributed by atoms with Gasteiger partial charge in [-0.3, -0.25) is 0 Å². The third kappa shape index (κ3) is 1.87. The first-order valence-corrected chi connectivity index (χ1v) is 4.50. The fourth-order valence-electron chi connectivity index (χ4n) is 0.982. The van der Waals surface area contributed by atoms with Crippen LogP contribution >= 0.6 is 11.8 Å². The van der Waals surface area contributed by atoms with Crippen molar-refractivity contribution in [3.8, 4) is 0 Å². The van der Waals surface area contributed by atoms with Gasteiger partial charge in [0, 0.05) is 12.3 Å². The Hall–Kier alpha value is 0.310. The van der Waals surface area contributed by atoms with Crippen LogP contribution in [0.25, 0.3) is 0 Å². The van der Waals surface area contributed by atoms with E-state index < -0.39 is 0 Å². The Morgan fingerprint density at radius 1 is 1.44 bits per heavy atom. The normalized spacial score (nSPS) is 29.0. The number of nitrogens with one attached hydrogen (secondary N) is 1. The molecule has 1 heterocycles. The molecule has 0 aromatic rings. The van der Waals surface area contributed by atoms with Gasteiger partial charge in [-0.1, -0.05) is 20.8 Å². The molecule has 1 aliphatic rings. The van der Waals surface area contributed by atoms with Crippen LogP contribution in [0.3, 0.4) is 0 Å². The molecule has 54 valence electrons. The second-order valence-corrected chi connectivity index (χ2v) is 4.78. The lowest BCUT2D eigenvalue weighted by atomic mass is 9.96. The molecule has 0 aromatic heterocycles. The first-order valence-electron chi connectivity index (χ1n) is 3.46. The van der Waals surface area contributed by atoms with Gasteiger partial charge in [-0.25, -0.2) is 0 Å². The molecule has 0 aliphatic carbocycles. The van der Waals surface area contributed by atoms with E-state index in [1.54, 1.807) is 0 Å². The van der Waals surface area contributed by atoms with E-state index in [2.05, 4.69) is 26.1 Å². The lowest BCUT2D eigenvalue weighted by molar-refractivity contribution is 0.364. The zero-order valence-corrected chi connectivity index (χ0v) is 7.22. The fraction of sp³-hybridized carbons (Fsp3) is 1.00. The van der Waals surface area contributed by atoms with Crippen molar-refractivity contribution in [1.82, 2.24) is 5.32 Å². The molecule has 1 rings (SSSR count). The van der Waals surface area contributed by atoms with Gasteiger partial charge in [0.1, 0.15) is 0 Å². The molecule has 1 aliphatic heterocycles. The van der Waals surface area contributed by atoms with Crippen molar-refractivity contribution in [3.05, 3.63) is 0 Å². The average Bonchev–Trinajstić information content (AvgIpc) is 2.08.